The van der Waals surface area contributed by atoms with Crippen molar-refractivity contribution in [2.45, 2.75) is 44.9 Å². The molecule has 0 aromatic rings. The van der Waals surface area contributed by atoms with Crippen LogP contribution in [0.15, 0.2) is 0 Å². The predicted octanol–water partition coefficient (Wildman–Crippen LogP) is -3.88. The maximum Gasteiger partial charge on any atom is 1.00 e. The van der Waals surface area contributed by atoms with Crippen LogP contribution in [0, 0.1) is 0 Å². The van der Waals surface area contributed by atoms with E-state index in [-0.39, 0.29) is 53.4 Å². The van der Waals surface area contributed by atoms with Gasteiger partial charge in [0.2, 0.25) is 0 Å². The van der Waals surface area contributed by atoms with Crippen LogP contribution in [0.4, 0.5) is 0 Å². The second-order valence-corrected chi connectivity index (χ2v) is 3.06. The molecule has 0 atom stereocenters. The minimum absolute atomic E-state index is 0. The summed E-state index contributed by atoms with van der Waals surface area (Å²) in [5, 5.41) is 16.6. The van der Waals surface area contributed by atoms with E-state index < -0.39 is 11.9 Å². The number of unbranched alkanes of at least 4 members (excludes halogenated alkanes) is 4. The topological polar surface area (TPSA) is 74.6 Å². The molecule has 2 N–H and O–H groups in total. The van der Waals surface area contributed by atoms with E-state index in [0.717, 1.165) is 19.3 Å². The van der Waals surface area contributed by atoms with Crippen LogP contribution in [-0.2, 0) is 9.59 Å². The van der Waals surface area contributed by atoms with Crippen LogP contribution in [0.2, 0.25) is 0 Å². The standard InChI is InChI=1S/C9H16O4.2Li.2H/c10-8(11)6-4-2-1-3-5-7-9(12)13;;;;/h1-7H2,(H,10,11)(H,12,13);;;;/q;2*+1;2*-1. The van der Waals surface area contributed by atoms with Crippen LogP contribution in [0.3, 0.4) is 0 Å². The van der Waals surface area contributed by atoms with Gasteiger partial charge in [0.1, 0.15) is 0 Å². The van der Waals surface area contributed by atoms with E-state index in [1.807, 2.05) is 0 Å². The van der Waals surface area contributed by atoms with Crippen LogP contribution < -0.4 is 37.7 Å². The van der Waals surface area contributed by atoms with E-state index in [4.69, 9.17) is 10.2 Å². The summed E-state index contributed by atoms with van der Waals surface area (Å²) in [6.45, 7) is 0. The molecule has 0 saturated heterocycles. The largest absolute Gasteiger partial charge is 1.00 e. The van der Waals surface area contributed by atoms with Gasteiger partial charge in [-0.05, 0) is 12.8 Å². The number of hydrogen-bond donors (Lipinski definition) is 2. The van der Waals surface area contributed by atoms with E-state index in [0.29, 0.717) is 12.8 Å². The van der Waals surface area contributed by atoms with Gasteiger partial charge < -0.3 is 13.1 Å². The van der Waals surface area contributed by atoms with Gasteiger partial charge in [0.05, 0.1) is 0 Å². The van der Waals surface area contributed by atoms with Gasteiger partial charge in [0.25, 0.3) is 0 Å². The Bertz CT molecular complexity index is 164. The molecule has 4 nitrogen and oxygen atoms in total. The van der Waals surface area contributed by atoms with Crippen LogP contribution in [0.25, 0.3) is 0 Å². The Balaban J connectivity index is -0.000000120. The van der Waals surface area contributed by atoms with Gasteiger partial charge >= 0.3 is 49.7 Å². The van der Waals surface area contributed by atoms with Crippen molar-refractivity contribution < 1.29 is 60.4 Å². The Morgan fingerprint density at radius 2 is 1.00 bits per heavy atom. The maximum atomic E-state index is 10.1. The number of carboxylic acid groups (broad SMARTS) is 2. The molecule has 0 radical (unpaired) electrons. The number of aliphatic carboxylic acids is 2. The Hall–Kier alpha value is 0.135. The summed E-state index contributed by atoms with van der Waals surface area (Å²) in [6, 6.07) is 0. The van der Waals surface area contributed by atoms with Crippen molar-refractivity contribution in [3.63, 3.8) is 0 Å². The number of hydrogen-bond acceptors (Lipinski definition) is 2. The molecule has 0 aliphatic rings. The maximum absolute atomic E-state index is 10.1. The van der Waals surface area contributed by atoms with Gasteiger partial charge in [-0.15, -0.1) is 0 Å². The number of rotatable bonds is 8. The zero-order valence-corrected chi connectivity index (χ0v) is 9.66. The summed E-state index contributed by atoms with van der Waals surface area (Å²) in [5.41, 5.74) is 0. The van der Waals surface area contributed by atoms with Crippen molar-refractivity contribution in [1.82, 2.24) is 0 Å². The van der Waals surface area contributed by atoms with Crippen molar-refractivity contribution in [3.8, 4) is 0 Å². The minimum Gasteiger partial charge on any atom is -1.00 e. The fourth-order valence-electron chi connectivity index (χ4n) is 1.08. The van der Waals surface area contributed by atoms with E-state index in [9.17, 15) is 9.59 Å². The van der Waals surface area contributed by atoms with E-state index in [1.54, 1.807) is 0 Å². The van der Waals surface area contributed by atoms with Gasteiger partial charge in [-0.2, -0.15) is 0 Å². The fraction of sp³-hybridized carbons (Fsp3) is 0.778. The quantitative estimate of drug-likeness (QED) is 0.313. The van der Waals surface area contributed by atoms with Crippen LogP contribution in [-0.4, -0.2) is 22.2 Å². The van der Waals surface area contributed by atoms with Crippen LogP contribution >= 0.6 is 0 Å². The molecule has 0 amide bonds. The molecule has 0 bridgehead atoms. The third-order valence-electron chi connectivity index (χ3n) is 1.78. The third kappa shape index (κ3) is 20.3. The molecule has 6 heteroatoms. The average Bonchev–Trinajstić information content (AvgIpc) is 2.01. The van der Waals surface area contributed by atoms with Crippen LogP contribution in [0.1, 0.15) is 47.8 Å². The fourth-order valence-corrected chi connectivity index (χ4v) is 1.08. The SMILES string of the molecule is O=C(O)CCCCCCCC(=O)O.[H-].[H-].[Li+].[Li+]. The molecule has 0 aromatic heterocycles. The van der Waals surface area contributed by atoms with Gasteiger partial charge in [-0.1, -0.05) is 19.3 Å². The molecule has 0 spiro atoms. The van der Waals surface area contributed by atoms with Crippen molar-refractivity contribution in [2.75, 3.05) is 0 Å². The molecule has 0 saturated carbocycles. The zero-order chi connectivity index (χ0) is 10.1. The average molecular weight is 204 g/mol. The van der Waals surface area contributed by atoms with Gasteiger partial charge in [-0.3, -0.25) is 9.59 Å². The summed E-state index contributed by atoms with van der Waals surface area (Å²) in [6.07, 6.45) is 4.53. The molecule has 0 aliphatic heterocycles. The van der Waals surface area contributed by atoms with Crippen molar-refractivity contribution in [3.05, 3.63) is 0 Å². The van der Waals surface area contributed by atoms with Crippen molar-refractivity contribution in [2.24, 2.45) is 0 Å². The minimum atomic E-state index is -0.759. The van der Waals surface area contributed by atoms with Gasteiger partial charge in [-0.25, -0.2) is 0 Å². The third-order valence-corrected chi connectivity index (χ3v) is 1.78. The molecule has 0 heterocycles. The molecule has 15 heavy (non-hydrogen) atoms. The van der Waals surface area contributed by atoms with E-state index >= 15 is 0 Å². The molecule has 0 rings (SSSR count). The summed E-state index contributed by atoms with van der Waals surface area (Å²) < 4.78 is 0. The summed E-state index contributed by atoms with van der Waals surface area (Å²) in [7, 11) is 0. The van der Waals surface area contributed by atoms with E-state index in [2.05, 4.69) is 0 Å². The predicted molar refractivity (Wildman–Crippen MR) is 49.8 cm³/mol. The molecule has 0 unspecified atom stereocenters. The first-order valence-corrected chi connectivity index (χ1v) is 4.56. The molecule has 80 valence electrons. The molecule has 0 fully saturated rings. The normalized spacial score (nSPS) is 8.53. The summed E-state index contributed by atoms with van der Waals surface area (Å²) in [4.78, 5) is 20.2. The smallest absolute Gasteiger partial charge is 1.00 e. The van der Waals surface area contributed by atoms with Crippen molar-refractivity contribution in [1.29, 1.82) is 0 Å². The second kappa shape index (κ2) is 14.1. The first-order valence-electron chi connectivity index (χ1n) is 4.56. The van der Waals surface area contributed by atoms with Crippen molar-refractivity contribution >= 4 is 11.9 Å². The molecular weight excluding hydrogens is 186 g/mol. The monoisotopic (exact) mass is 204 g/mol. The Morgan fingerprint density at radius 3 is 1.27 bits per heavy atom. The zero-order valence-electron chi connectivity index (χ0n) is 11.7. The molecular formula is C9H18Li2O4. The second-order valence-electron chi connectivity index (χ2n) is 3.06. The summed E-state index contributed by atoms with van der Waals surface area (Å²) >= 11 is 0. The summed E-state index contributed by atoms with van der Waals surface area (Å²) in [5.74, 6) is -1.52. The first-order chi connectivity index (χ1) is 6.13. The Kier molecular flexibility index (Phi) is 19.4. The Labute approximate surface area is 117 Å². The number of carbonyl (C=O) groups is 2. The van der Waals surface area contributed by atoms with Crippen LogP contribution in [0.5, 0.6) is 0 Å². The van der Waals surface area contributed by atoms with Gasteiger partial charge in [0.15, 0.2) is 0 Å². The Morgan fingerprint density at radius 1 is 0.733 bits per heavy atom. The number of carboxylic acids is 2. The molecule has 0 aliphatic carbocycles. The molecule has 0 aromatic carbocycles. The van der Waals surface area contributed by atoms with Gasteiger partial charge in [0, 0.05) is 12.8 Å². The van der Waals surface area contributed by atoms with E-state index in [1.165, 1.54) is 0 Å². The first kappa shape index (κ1) is 20.5.